The van der Waals surface area contributed by atoms with Crippen LogP contribution in [0.15, 0.2) is 42.2 Å². The Labute approximate surface area is 162 Å². The van der Waals surface area contributed by atoms with Gasteiger partial charge in [0.15, 0.2) is 0 Å². The first-order valence-corrected chi connectivity index (χ1v) is 9.89. The molecule has 1 atom stereocenters. The second-order valence-electron chi connectivity index (χ2n) is 7.46. The summed E-state index contributed by atoms with van der Waals surface area (Å²) in [6.45, 7) is 5.33. The van der Waals surface area contributed by atoms with E-state index in [1.807, 2.05) is 37.4 Å². The minimum atomic E-state index is -0.714. The predicted molar refractivity (Wildman–Crippen MR) is 110 cm³/mol. The molecule has 0 aromatic carbocycles. The third kappa shape index (κ3) is 3.52. The van der Waals surface area contributed by atoms with Crippen molar-refractivity contribution in [3.05, 3.63) is 42.2 Å². The van der Waals surface area contributed by atoms with Gasteiger partial charge in [-0.05, 0) is 38.5 Å². The van der Waals surface area contributed by atoms with Crippen LogP contribution in [0.2, 0.25) is 0 Å². The summed E-state index contributed by atoms with van der Waals surface area (Å²) >= 11 is 1.55. The zero-order valence-corrected chi connectivity index (χ0v) is 16.3. The summed E-state index contributed by atoms with van der Waals surface area (Å²) in [5.41, 5.74) is 9.87. The number of aliphatic hydroxyl groups is 1. The van der Waals surface area contributed by atoms with E-state index in [-0.39, 0.29) is 5.92 Å². The summed E-state index contributed by atoms with van der Waals surface area (Å²) in [7, 11) is 0. The maximum atomic E-state index is 10.4. The lowest BCUT2D eigenvalue weighted by atomic mass is 9.90. The smallest absolute Gasteiger partial charge is 0.144 e. The van der Waals surface area contributed by atoms with E-state index in [9.17, 15) is 5.11 Å². The van der Waals surface area contributed by atoms with Crippen LogP contribution in [0.5, 0.6) is 0 Å². The Bertz CT molecular complexity index is 922. The average Bonchev–Trinajstić information content (AvgIpc) is 3.33. The first-order valence-electron chi connectivity index (χ1n) is 9.01. The molecular weight excluding hydrogens is 358 g/mol. The molecule has 4 heterocycles. The Balaban J connectivity index is 1.80. The maximum Gasteiger partial charge on any atom is 0.144 e. The van der Waals surface area contributed by atoms with Gasteiger partial charge in [0.1, 0.15) is 10.7 Å². The van der Waals surface area contributed by atoms with Crippen molar-refractivity contribution >= 4 is 22.7 Å². The van der Waals surface area contributed by atoms with Crippen molar-refractivity contribution in [2.24, 2.45) is 5.92 Å². The van der Waals surface area contributed by atoms with Crippen molar-refractivity contribution in [2.45, 2.75) is 25.9 Å². The first kappa shape index (κ1) is 17.9. The van der Waals surface area contributed by atoms with Gasteiger partial charge in [-0.25, -0.2) is 9.97 Å². The SMILES string of the molecule is CC(C)(O)C1CCN(c2c(N)cc(-c3cccnc3)nc2-c2nccs2)C1. The van der Waals surface area contributed by atoms with Crippen LogP contribution in [0.25, 0.3) is 22.0 Å². The molecule has 3 aromatic rings. The van der Waals surface area contributed by atoms with Gasteiger partial charge < -0.3 is 15.7 Å². The highest BCUT2D eigenvalue weighted by Gasteiger charge is 2.35. The molecule has 0 bridgehead atoms. The first-order chi connectivity index (χ1) is 12.9. The monoisotopic (exact) mass is 381 g/mol. The molecule has 0 saturated carbocycles. The van der Waals surface area contributed by atoms with Gasteiger partial charge in [0, 0.05) is 48.5 Å². The molecule has 27 heavy (non-hydrogen) atoms. The minimum absolute atomic E-state index is 0.194. The number of hydrogen-bond donors (Lipinski definition) is 2. The molecule has 6 nitrogen and oxygen atoms in total. The van der Waals surface area contributed by atoms with E-state index in [1.165, 1.54) is 0 Å². The van der Waals surface area contributed by atoms with Crippen LogP contribution < -0.4 is 10.6 Å². The summed E-state index contributed by atoms with van der Waals surface area (Å²) in [6, 6.07) is 5.76. The van der Waals surface area contributed by atoms with Gasteiger partial charge in [-0.1, -0.05) is 0 Å². The van der Waals surface area contributed by atoms with E-state index in [0.29, 0.717) is 5.69 Å². The predicted octanol–water partition coefficient (Wildman–Crippen LogP) is 3.45. The van der Waals surface area contributed by atoms with Crippen molar-refractivity contribution in [1.82, 2.24) is 15.0 Å². The highest BCUT2D eigenvalue weighted by molar-refractivity contribution is 7.13. The van der Waals surface area contributed by atoms with E-state index >= 15 is 0 Å². The Morgan fingerprint density at radius 3 is 2.81 bits per heavy atom. The van der Waals surface area contributed by atoms with Crippen LogP contribution in [0.4, 0.5) is 11.4 Å². The van der Waals surface area contributed by atoms with Crippen molar-refractivity contribution in [1.29, 1.82) is 0 Å². The van der Waals surface area contributed by atoms with E-state index < -0.39 is 5.60 Å². The van der Waals surface area contributed by atoms with Crippen LogP contribution in [-0.4, -0.2) is 38.7 Å². The quantitative estimate of drug-likeness (QED) is 0.720. The number of rotatable bonds is 4. The zero-order valence-electron chi connectivity index (χ0n) is 15.5. The average molecular weight is 382 g/mol. The number of thiazole rings is 1. The number of nitrogen functional groups attached to an aromatic ring is 1. The van der Waals surface area contributed by atoms with Crippen LogP contribution in [0.3, 0.4) is 0 Å². The van der Waals surface area contributed by atoms with Crippen molar-refractivity contribution in [3.8, 4) is 22.0 Å². The van der Waals surface area contributed by atoms with Gasteiger partial charge in [-0.15, -0.1) is 11.3 Å². The van der Waals surface area contributed by atoms with Gasteiger partial charge in [-0.3, -0.25) is 4.98 Å². The minimum Gasteiger partial charge on any atom is -0.397 e. The third-order valence-electron chi connectivity index (χ3n) is 5.12. The molecular formula is C20H23N5OS. The molecule has 3 aromatic heterocycles. The molecule has 0 amide bonds. The van der Waals surface area contributed by atoms with E-state index in [4.69, 9.17) is 10.7 Å². The summed E-state index contributed by atoms with van der Waals surface area (Å²) in [6.07, 6.45) is 6.23. The van der Waals surface area contributed by atoms with Gasteiger partial charge in [0.2, 0.25) is 0 Å². The second kappa shape index (κ2) is 6.90. The standard InChI is InChI=1S/C20H23N5OS/c1-20(2,26)14-5-8-25(12-14)18-15(21)10-16(13-4-3-6-22-11-13)24-17(18)19-23-7-9-27-19/h3-4,6-7,9-11,14,26H,5,8,12H2,1-2H3,(H2,21,24). The number of hydrogen-bond acceptors (Lipinski definition) is 7. The summed E-state index contributed by atoms with van der Waals surface area (Å²) in [5.74, 6) is 0.194. The molecule has 0 spiro atoms. The number of aromatic nitrogens is 3. The topological polar surface area (TPSA) is 88.2 Å². The molecule has 7 heteroatoms. The molecule has 140 valence electrons. The number of nitrogens with zero attached hydrogens (tertiary/aromatic N) is 4. The van der Waals surface area contributed by atoms with E-state index in [2.05, 4.69) is 14.9 Å². The largest absolute Gasteiger partial charge is 0.397 e. The van der Waals surface area contributed by atoms with E-state index in [0.717, 1.165) is 47.2 Å². The zero-order chi connectivity index (χ0) is 19.0. The molecule has 0 aliphatic carbocycles. The molecule has 0 radical (unpaired) electrons. The lowest BCUT2D eigenvalue weighted by Gasteiger charge is -2.27. The number of nitrogens with two attached hydrogens (primary N) is 1. The highest BCUT2D eigenvalue weighted by Crippen LogP contribution is 2.41. The van der Waals surface area contributed by atoms with E-state index in [1.54, 1.807) is 29.9 Å². The maximum absolute atomic E-state index is 10.4. The Kier molecular flexibility index (Phi) is 4.57. The normalized spacial score (nSPS) is 17.4. The van der Waals surface area contributed by atoms with Gasteiger partial charge in [0.25, 0.3) is 0 Å². The lowest BCUT2D eigenvalue weighted by Crippen LogP contribution is -2.33. The van der Waals surface area contributed by atoms with Crippen LogP contribution in [-0.2, 0) is 0 Å². The number of pyridine rings is 2. The second-order valence-corrected chi connectivity index (χ2v) is 8.35. The molecule has 4 rings (SSSR count). The molecule has 1 aliphatic rings. The van der Waals surface area contributed by atoms with Crippen LogP contribution in [0.1, 0.15) is 20.3 Å². The van der Waals surface area contributed by atoms with Crippen LogP contribution >= 0.6 is 11.3 Å². The summed E-state index contributed by atoms with van der Waals surface area (Å²) in [4.78, 5) is 15.8. The fourth-order valence-corrected chi connectivity index (χ4v) is 4.21. The summed E-state index contributed by atoms with van der Waals surface area (Å²) < 4.78 is 0. The molecule has 1 fully saturated rings. The fraction of sp³-hybridized carbons (Fsp3) is 0.350. The third-order valence-corrected chi connectivity index (χ3v) is 5.90. The Morgan fingerprint density at radius 2 is 2.19 bits per heavy atom. The van der Waals surface area contributed by atoms with Crippen molar-refractivity contribution < 1.29 is 5.11 Å². The highest BCUT2D eigenvalue weighted by atomic mass is 32.1. The Hall–Kier alpha value is -2.51. The molecule has 3 N–H and O–H groups in total. The van der Waals surface area contributed by atoms with Crippen LogP contribution in [0, 0.1) is 5.92 Å². The van der Waals surface area contributed by atoms with Crippen molar-refractivity contribution in [2.75, 3.05) is 23.7 Å². The summed E-state index contributed by atoms with van der Waals surface area (Å²) in [5, 5.41) is 13.2. The van der Waals surface area contributed by atoms with Gasteiger partial charge in [-0.2, -0.15) is 0 Å². The molecule has 1 aliphatic heterocycles. The van der Waals surface area contributed by atoms with Gasteiger partial charge in [0.05, 0.1) is 22.7 Å². The van der Waals surface area contributed by atoms with Gasteiger partial charge >= 0.3 is 0 Å². The molecule has 1 saturated heterocycles. The fourth-order valence-electron chi connectivity index (χ4n) is 3.58. The number of anilines is 2. The van der Waals surface area contributed by atoms with Crippen molar-refractivity contribution in [3.63, 3.8) is 0 Å². The Morgan fingerprint density at radius 1 is 1.33 bits per heavy atom. The molecule has 1 unspecified atom stereocenters. The lowest BCUT2D eigenvalue weighted by molar-refractivity contribution is 0.0263.